The van der Waals surface area contributed by atoms with Crippen molar-refractivity contribution in [3.05, 3.63) is 60.6 Å². The van der Waals surface area contributed by atoms with E-state index in [1.165, 1.54) is 0 Å². The zero-order valence-electron chi connectivity index (χ0n) is 11.1. The number of aromatic nitrogens is 3. The monoisotopic (exact) mass is 276 g/mol. The molecule has 2 aromatic heterocycles. The number of carbonyl (C=O) groups is 1. The maximum atomic E-state index is 12.3. The van der Waals surface area contributed by atoms with Gasteiger partial charge in [-0.2, -0.15) is 0 Å². The first kappa shape index (κ1) is 11.7. The van der Waals surface area contributed by atoms with E-state index in [1.54, 1.807) is 6.33 Å². The van der Waals surface area contributed by atoms with E-state index < -0.39 is 0 Å². The third-order valence-electron chi connectivity index (χ3n) is 3.45. The van der Waals surface area contributed by atoms with E-state index in [1.807, 2.05) is 48.5 Å². The van der Waals surface area contributed by atoms with Gasteiger partial charge in [-0.3, -0.25) is 4.79 Å². The fourth-order valence-corrected chi connectivity index (χ4v) is 2.41. The van der Waals surface area contributed by atoms with E-state index in [0.717, 1.165) is 27.6 Å². The lowest BCUT2D eigenvalue weighted by atomic mass is 10.2. The minimum absolute atomic E-state index is 0.162. The summed E-state index contributed by atoms with van der Waals surface area (Å²) in [6.45, 7) is 0. The summed E-state index contributed by atoms with van der Waals surface area (Å²) in [5.41, 5.74) is 3.99. The van der Waals surface area contributed by atoms with E-state index in [4.69, 9.17) is 0 Å². The minimum Gasteiger partial charge on any atom is -0.351 e. The molecule has 5 nitrogen and oxygen atoms in total. The molecule has 2 aromatic carbocycles. The Morgan fingerprint density at radius 1 is 1.05 bits per heavy atom. The van der Waals surface area contributed by atoms with Crippen molar-refractivity contribution in [1.29, 1.82) is 0 Å². The molecule has 21 heavy (non-hydrogen) atoms. The topological polar surface area (TPSA) is 73.6 Å². The van der Waals surface area contributed by atoms with Crippen LogP contribution in [-0.4, -0.2) is 20.9 Å². The SMILES string of the molecule is O=C(Nc1ccc2nc[nH]c2c1)c1cc2ccccc2[nH]1. The van der Waals surface area contributed by atoms with Crippen LogP contribution < -0.4 is 5.32 Å². The molecule has 102 valence electrons. The van der Waals surface area contributed by atoms with Gasteiger partial charge < -0.3 is 15.3 Å². The summed E-state index contributed by atoms with van der Waals surface area (Å²) in [6.07, 6.45) is 1.63. The molecular formula is C16H12N4O. The lowest BCUT2D eigenvalue weighted by molar-refractivity contribution is 0.102. The Bertz CT molecular complexity index is 918. The summed E-state index contributed by atoms with van der Waals surface area (Å²) < 4.78 is 0. The number of rotatable bonds is 2. The van der Waals surface area contributed by atoms with E-state index in [0.29, 0.717) is 5.69 Å². The van der Waals surface area contributed by atoms with Crippen LogP contribution in [0.2, 0.25) is 0 Å². The standard InChI is InChI=1S/C16H12N4O/c21-16(15-7-10-3-1-2-4-12(10)20-15)19-11-5-6-13-14(8-11)18-9-17-13/h1-9,20H,(H,17,18)(H,19,21). The summed E-state index contributed by atoms with van der Waals surface area (Å²) in [7, 11) is 0. The number of hydrogen-bond acceptors (Lipinski definition) is 2. The Kier molecular flexibility index (Phi) is 2.50. The summed E-state index contributed by atoms with van der Waals surface area (Å²) in [6, 6.07) is 15.2. The average molecular weight is 276 g/mol. The van der Waals surface area contributed by atoms with Crippen molar-refractivity contribution in [3.63, 3.8) is 0 Å². The van der Waals surface area contributed by atoms with Crippen LogP contribution in [0.25, 0.3) is 21.9 Å². The molecule has 2 heterocycles. The van der Waals surface area contributed by atoms with E-state index in [-0.39, 0.29) is 5.91 Å². The number of nitrogens with zero attached hydrogens (tertiary/aromatic N) is 1. The average Bonchev–Trinajstić information content (AvgIpc) is 3.13. The molecule has 0 fully saturated rings. The number of carbonyl (C=O) groups excluding carboxylic acids is 1. The minimum atomic E-state index is -0.162. The number of hydrogen-bond donors (Lipinski definition) is 3. The molecule has 0 unspecified atom stereocenters. The molecule has 0 aliphatic rings. The van der Waals surface area contributed by atoms with Crippen molar-refractivity contribution in [2.45, 2.75) is 0 Å². The molecule has 0 spiro atoms. The molecular weight excluding hydrogens is 264 g/mol. The number of para-hydroxylation sites is 1. The van der Waals surface area contributed by atoms with Crippen molar-refractivity contribution in [3.8, 4) is 0 Å². The van der Waals surface area contributed by atoms with Gasteiger partial charge in [-0.25, -0.2) is 4.98 Å². The van der Waals surface area contributed by atoms with Crippen molar-refractivity contribution in [2.24, 2.45) is 0 Å². The van der Waals surface area contributed by atoms with Gasteiger partial charge in [0.15, 0.2) is 0 Å². The quantitative estimate of drug-likeness (QED) is 0.525. The Morgan fingerprint density at radius 3 is 2.86 bits per heavy atom. The summed E-state index contributed by atoms with van der Waals surface area (Å²) in [5, 5.41) is 3.90. The Balaban J connectivity index is 1.64. The van der Waals surface area contributed by atoms with Crippen LogP contribution in [-0.2, 0) is 0 Å². The van der Waals surface area contributed by atoms with Gasteiger partial charge in [0, 0.05) is 16.6 Å². The predicted octanol–water partition coefficient (Wildman–Crippen LogP) is 3.30. The first-order valence-corrected chi connectivity index (χ1v) is 6.62. The van der Waals surface area contributed by atoms with E-state index in [9.17, 15) is 4.79 Å². The number of aromatic amines is 2. The largest absolute Gasteiger partial charge is 0.351 e. The second kappa shape index (κ2) is 4.49. The number of benzene rings is 2. The van der Waals surface area contributed by atoms with Gasteiger partial charge >= 0.3 is 0 Å². The third-order valence-corrected chi connectivity index (χ3v) is 3.45. The molecule has 0 aliphatic heterocycles. The third kappa shape index (κ3) is 2.04. The van der Waals surface area contributed by atoms with Crippen molar-refractivity contribution < 1.29 is 4.79 Å². The van der Waals surface area contributed by atoms with Crippen molar-refractivity contribution in [2.75, 3.05) is 5.32 Å². The summed E-state index contributed by atoms with van der Waals surface area (Å²) >= 11 is 0. The normalized spacial score (nSPS) is 11.0. The van der Waals surface area contributed by atoms with E-state index >= 15 is 0 Å². The zero-order chi connectivity index (χ0) is 14.2. The highest BCUT2D eigenvalue weighted by Crippen LogP contribution is 2.18. The zero-order valence-corrected chi connectivity index (χ0v) is 11.1. The molecule has 0 radical (unpaired) electrons. The van der Waals surface area contributed by atoms with Gasteiger partial charge in [0.25, 0.3) is 5.91 Å². The van der Waals surface area contributed by atoms with Crippen LogP contribution in [0.5, 0.6) is 0 Å². The van der Waals surface area contributed by atoms with E-state index in [2.05, 4.69) is 20.3 Å². The Hall–Kier alpha value is -3.08. The highest BCUT2D eigenvalue weighted by Gasteiger charge is 2.10. The summed E-state index contributed by atoms with van der Waals surface area (Å²) in [4.78, 5) is 22.6. The van der Waals surface area contributed by atoms with Crippen LogP contribution >= 0.6 is 0 Å². The maximum absolute atomic E-state index is 12.3. The van der Waals surface area contributed by atoms with Gasteiger partial charge in [-0.05, 0) is 30.3 Å². The number of imidazole rings is 1. The Morgan fingerprint density at radius 2 is 1.95 bits per heavy atom. The smallest absolute Gasteiger partial charge is 0.272 e. The van der Waals surface area contributed by atoms with Gasteiger partial charge in [0.05, 0.1) is 17.4 Å². The molecule has 4 rings (SSSR count). The summed E-state index contributed by atoms with van der Waals surface area (Å²) in [5.74, 6) is -0.162. The van der Waals surface area contributed by atoms with Crippen LogP contribution in [0.1, 0.15) is 10.5 Å². The van der Waals surface area contributed by atoms with Crippen LogP contribution in [0.3, 0.4) is 0 Å². The first-order valence-electron chi connectivity index (χ1n) is 6.62. The van der Waals surface area contributed by atoms with Crippen LogP contribution in [0.15, 0.2) is 54.9 Å². The molecule has 3 N–H and O–H groups in total. The number of anilines is 1. The van der Waals surface area contributed by atoms with Crippen molar-refractivity contribution in [1.82, 2.24) is 15.0 Å². The highest BCUT2D eigenvalue weighted by atomic mass is 16.1. The molecule has 0 saturated carbocycles. The number of amides is 1. The highest BCUT2D eigenvalue weighted by molar-refractivity contribution is 6.06. The molecule has 0 atom stereocenters. The molecule has 1 amide bonds. The first-order chi connectivity index (χ1) is 10.3. The molecule has 0 bridgehead atoms. The van der Waals surface area contributed by atoms with Crippen LogP contribution in [0.4, 0.5) is 5.69 Å². The number of H-pyrrole nitrogens is 2. The molecule has 5 heteroatoms. The van der Waals surface area contributed by atoms with Gasteiger partial charge in [0.2, 0.25) is 0 Å². The fourth-order valence-electron chi connectivity index (χ4n) is 2.41. The molecule has 0 saturated heterocycles. The predicted molar refractivity (Wildman–Crippen MR) is 82.3 cm³/mol. The molecule has 4 aromatic rings. The van der Waals surface area contributed by atoms with Gasteiger partial charge in [-0.15, -0.1) is 0 Å². The lowest BCUT2D eigenvalue weighted by Gasteiger charge is -2.03. The van der Waals surface area contributed by atoms with Crippen LogP contribution in [0, 0.1) is 0 Å². The second-order valence-electron chi connectivity index (χ2n) is 4.86. The van der Waals surface area contributed by atoms with Gasteiger partial charge in [-0.1, -0.05) is 18.2 Å². The van der Waals surface area contributed by atoms with Gasteiger partial charge in [0.1, 0.15) is 5.69 Å². The fraction of sp³-hybridized carbons (Fsp3) is 0. The number of nitrogens with one attached hydrogen (secondary N) is 3. The lowest BCUT2D eigenvalue weighted by Crippen LogP contribution is -2.12. The molecule has 0 aliphatic carbocycles. The number of fused-ring (bicyclic) bond motifs is 2. The second-order valence-corrected chi connectivity index (χ2v) is 4.86. The maximum Gasteiger partial charge on any atom is 0.272 e. The Labute approximate surface area is 120 Å². The van der Waals surface area contributed by atoms with Crippen molar-refractivity contribution >= 4 is 33.5 Å².